The first kappa shape index (κ1) is 9.78. The van der Waals surface area contributed by atoms with Gasteiger partial charge in [0.05, 0.1) is 0 Å². The predicted octanol–water partition coefficient (Wildman–Crippen LogP) is 3.89. The van der Waals surface area contributed by atoms with E-state index >= 15 is 0 Å². The highest BCUT2D eigenvalue weighted by Crippen LogP contribution is 2.31. The van der Waals surface area contributed by atoms with Crippen molar-refractivity contribution in [1.82, 2.24) is 0 Å². The zero-order valence-electron chi connectivity index (χ0n) is 9.04. The largest absolute Gasteiger partial charge is 0.507 e. The Morgan fingerprint density at radius 3 is 2.60 bits per heavy atom. The molecule has 0 saturated carbocycles. The zero-order chi connectivity index (χ0) is 11.0. The van der Waals surface area contributed by atoms with Crippen LogP contribution in [0.1, 0.15) is 18.1 Å². The Morgan fingerprint density at radius 1 is 1.20 bits per heavy atom. The van der Waals surface area contributed by atoms with E-state index in [1.54, 1.807) is 6.07 Å². The highest BCUT2D eigenvalue weighted by molar-refractivity contribution is 5.97. The maximum Gasteiger partial charge on any atom is 0.123 e. The summed E-state index contributed by atoms with van der Waals surface area (Å²) < 4.78 is 0. The van der Waals surface area contributed by atoms with E-state index in [0.29, 0.717) is 5.75 Å². The van der Waals surface area contributed by atoms with Crippen LogP contribution in [0.3, 0.4) is 0 Å². The molecule has 0 aromatic heterocycles. The first-order chi connectivity index (χ1) is 7.09. The van der Waals surface area contributed by atoms with Gasteiger partial charge in [0.2, 0.25) is 0 Å². The maximum atomic E-state index is 9.77. The van der Waals surface area contributed by atoms with Crippen LogP contribution in [0.5, 0.6) is 5.75 Å². The fourth-order valence-electron chi connectivity index (χ4n) is 1.87. The summed E-state index contributed by atoms with van der Waals surface area (Å²) in [5.41, 5.74) is 3.28. The Balaban J connectivity index is 2.92. The van der Waals surface area contributed by atoms with Gasteiger partial charge in [-0.15, -0.1) is 0 Å². The smallest absolute Gasteiger partial charge is 0.123 e. The Hall–Kier alpha value is -1.76. The van der Waals surface area contributed by atoms with E-state index in [1.165, 1.54) is 0 Å². The van der Waals surface area contributed by atoms with Crippen molar-refractivity contribution in [3.63, 3.8) is 0 Å². The number of fused-ring (bicyclic) bond motifs is 1. The van der Waals surface area contributed by atoms with E-state index in [0.717, 1.165) is 27.5 Å². The van der Waals surface area contributed by atoms with Crippen LogP contribution in [0.25, 0.3) is 16.3 Å². The molecule has 0 bridgehead atoms. The number of benzene rings is 2. The third-order valence-corrected chi connectivity index (χ3v) is 2.58. The van der Waals surface area contributed by atoms with Crippen LogP contribution in [0.4, 0.5) is 0 Å². The van der Waals surface area contributed by atoms with Crippen LogP contribution in [0.2, 0.25) is 0 Å². The topological polar surface area (TPSA) is 20.2 Å². The molecule has 0 amide bonds. The third-order valence-electron chi connectivity index (χ3n) is 2.58. The van der Waals surface area contributed by atoms with Crippen LogP contribution < -0.4 is 0 Å². The molecular formula is C14H14O. The minimum atomic E-state index is 0.332. The van der Waals surface area contributed by atoms with Crippen LogP contribution >= 0.6 is 0 Å². The van der Waals surface area contributed by atoms with Gasteiger partial charge in [-0.25, -0.2) is 0 Å². The first-order valence-corrected chi connectivity index (χ1v) is 4.98. The fraction of sp³-hybridized carbons (Fsp3) is 0.143. The molecule has 1 nitrogen and oxygen atoms in total. The monoisotopic (exact) mass is 198 g/mol. The van der Waals surface area contributed by atoms with Gasteiger partial charge in [0.25, 0.3) is 0 Å². The number of hydrogen-bond acceptors (Lipinski definition) is 1. The second kappa shape index (κ2) is 3.43. The molecule has 2 aromatic carbocycles. The fourth-order valence-corrected chi connectivity index (χ4v) is 1.87. The summed E-state index contributed by atoms with van der Waals surface area (Å²) in [5.74, 6) is 0.332. The number of phenols is 1. The molecule has 0 aliphatic rings. The molecule has 0 spiro atoms. The molecule has 0 heterocycles. The predicted molar refractivity (Wildman–Crippen MR) is 65.1 cm³/mol. The van der Waals surface area contributed by atoms with E-state index in [-0.39, 0.29) is 0 Å². The Morgan fingerprint density at radius 2 is 1.93 bits per heavy atom. The normalized spacial score (nSPS) is 10.5. The molecule has 1 N–H and O–H groups in total. The summed E-state index contributed by atoms with van der Waals surface area (Å²) in [4.78, 5) is 0. The van der Waals surface area contributed by atoms with Crippen molar-refractivity contribution in [2.45, 2.75) is 13.8 Å². The van der Waals surface area contributed by atoms with Crippen molar-refractivity contribution in [3.8, 4) is 5.75 Å². The molecule has 2 rings (SSSR count). The number of hydrogen-bond donors (Lipinski definition) is 1. The highest BCUT2D eigenvalue weighted by Gasteiger charge is 2.05. The second-order valence-electron chi connectivity index (χ2n) is 3.97. The summed E-state index contributed by atoms with van der Waals surface area (Å²) in [6.07, 6.45) is 0. The standard InChI is InChI=1S/C14H14O/c1-9(2)12-7-10(3)8-13-11(12)5-4-6-14(13)15/h4-8,15H,1H2,2-3H3. The number of aromatic hydroxyl groups is 1. The lowest BCUT2D eigenvalue weighted by atomic mass is 9.97. The lowest BCUT2D eigenvalue weighted by Gasteiger charge is -2.09. The average molecular weight is 198 g/mol. The van der Waals surface area contributed by atoms with Crippen molar-refractivity contribution in [2.24, 2.45) is 0 Å². The minimum Gasteiger partial charge on any atom is -0.507 e. The second-order valence-corrected chi connectivity index (χ2v) is 3.97. The van der Waals surface area contributed by atoms with Gasteiger partial charge in [-0.3, -0.25) is 0 Å². The highest BCUT2D eigenvalue weighted by atomic mass is 16.3. The van der Waals surface area contributed by atoms with Gasteiger partial charge in [0.1, 0.15) is 5.75 Å². The van der Waals surface area contributed by atoms with Gasteiger partial charge in [-0.2, -0.15) is 0 Å². The van der Waals surface area contributed by atoms with E-state index < -0.39 is 0 Å². The molecule has 0 unspecified atom stereocenters. The molecule has 15 heavy (non-hydrogen) atoms. The quantitative estimate of drug-likeness (QED) is 0.737. The van der Waals surface area contributed by atoms with Gasteiger partial charge >= 0.3 is 0 Å². The van der Waals surface area contributed by atoms with Gasteiger partial charge in [-0.1, -0.05) is 30.4 Å². The van der Waals surface area contributed by atoms with Crippen molar-refractivity contribution in [1.29, 1.82) is 0 Å². The summed E-state index contributed by atoms with van der Waals surface area (Å²) in [6, 6.07) is 9.68. The summed E-state index contributed by atoms with van der Waals surface area (Å²) in [6.45, 7) is 7.98. The lowest BCUT2D eigenvalue weighted by Crippen LogP contribution is -1.85. The molecule has 0 fully saturated rings. The Kier molecular flexibility index (Phi) is 2.24. The lowest BCUT2D eigenvalue weighted by molar-refractivity contribution is 0.481. The summed E-state index contributed by atoms with van der Waals surface area (Å²) in [7, 11) is 0. The number of rotatable bonds is 1. The minimum absolute atomic E-state index is 0.332. The SMILES string of the molecule is C=C(C)c1cc(C)cc2c(O)cccc12. The van der Waals surface area contributed by atoms with Gasteiger partial charge in [0.15, 0.2) is 0 Å². The molecule has 0 aliphatic carbocycles. The van der Waals surface area contributed by atoms with Crippen LogP contribution in [-0.2, 0) is 0 Å². The average Bonchev–Trinajstić information content (AvgIpc) is 2.18. The van der Waals surface area contributed by atoms with Crippen LogP contribution in [0, 0.1) is 6.92 Å². The number of aryl methyl sites for hydroxylation is 1. The molecule has 0 atom stereocenters. The molecule has 2 aromatic rings. The van der Waals surface area contributed by atoms with E-state index in [1.807, 2.05) is 32.0 Å². The molecule has 0 radical (unpaired) electrons. The van der Waals surface area contributed by atoms with E-state index in [9.17, 15) is 5.11 Å². The molecule has 1 heteroatoms. The summed E-state index contributed by atoms with van der Waals surface area (Å²) >= 11 is 0. The van der Waals surface area contributed by atoms with Gasteiger partial charge < -0.3 is 5.11 Å². The maximum absolute atomic E-state index is 9.77. The van der Waals surface area contributed by atoms with Crippen LogP contribution in [0.15, 0.2) is 36.9 Å². The van der Waals surface area contributed by atoms with E-state index in [4.69, 9.17) is 0 Å². The van der Waals surface area contributed by atoms with Crippen molar-refractivity contribution >= 4 is 16.3 Å². The van der Waals surface area contributed by atoms with E-state index in [2.05, 4.69) is 12.6 Å². The molecule has 0 saturated heterocycles. The molecule has 76 valence electrons. The molecule has 0 aliphatic heterocycles. The number of allylic oxidation sites excluding steroid dienone is 1. The van der Waals surface area contributed by atoms with Gasteiger partial charge in [0, 0.05) is 5.39 Å². The first-order valence-electron chi connectivity index (χ1n) is 4.98. The zero-order valence-corrected chi connectivity index (χ0v) is 9.04. The van der Waals surface area contributed by atoms with Gasteiger partial charge in [-0.05, 0) is 42.5 Å². The molecular weight excluding hydrogens is 184 g/mol. The van der Waals surface area contributed by atoms with Crippen molar-refractivity contribution < 1.29 is 5.11 Å². The number of phenolic OH excluding ortho intramolecular Hbond substituents is 1. The van der Waals surface area contributed by atoms with Crippen molar-refractivity contribution in [2.75, 3.05) is 0 Å². The third kappa shape index (κ3) is 1.61. The Bertz CT molecular complexity index is 538. The van der Waals surface area contributed by atoms with Crippen LogP contribution in [-0.4, -0.2) is 5.11 Å². The summed E-state index contributed by atoms with van der Waals surface area (Å²) in [5, 5.41) is 11.7. The van der Waals surface area contributed by atoms with Crippen molar-refractivity contribution in [3.05, 3.63) is 48.0 Å². The Labute approximate surface area is 89.7 Å².